The molecular formula is C16H20O2. The minimum absolute atomic E-state index is 0.128. The van der Waals surface area contributed by atoms with Crippen LogP contribution in [0.3, 0.4) is 0 Å². The van der Waals surface area contributed by atoms with E-state index in [1.54, 1.807) is 0 Å². The summed E-state index contributed by atoms with van der Waals surface area (Å²) < 4.78 is 5.90. The lowest BCUT2D eigenvalue weighted by atomic mass is 9.95. The zero-order chi connectivity index (χ0) is 12.8. The van der Waals surface area contributed by atoms with Crippen molar-refractivity contribution in [2.75, 3.05) is 0 Å². The summed E-state index contributed by atoms with van der Waals surface area (Å²) in [4.78, 5) is 0. The molecule has 1 saturated carbocycles. The van der Waals surface area contributed by atoms with E-state index in [1.807, 2.05) is 31.2 Å². The molecule has 0 amide bonds. The van der Waals surface area contributed by atoms with Crippen LogP contribution in [0.15, 0.2) is 24.3 Å². The van der Waals surface area contributed by atoms with Gasteiger partial charge in [0.1, 0.15) is 5.75 Å². The number of rotatable bonds is 2. The van der Waals surface area contributed by atoms with Crippen molar-refractivity contribution in [2.45, 2.75) is 51.2 Å². The van der Waals surface area contributed by atoms with Gasteiger partial charge >= 0.3 is 0 Å². The van der Waals surface area contributed by atoms with E-state index in [-0.39, 0.29) is 12.2 Å². The Hall–Kier alpha value is -1.46. The predicted octanol–water partition coefficient (Wildman–Crippen LogP) is 3.13. The van der Waals surface area contributed by atoms with E-state index in [9.17, 15) is 5.11 Å². The Morgan fingerprint density at radius 3 is 2.44 bits per heavy atom. The van der Waals surface area contributed by atoms with E-state index in [0.29, 0.717) is 0 Å². The van der Waals surface area contributed by atoms with Gasteiger partial charge in [0, 0.05) is 12.0 Å². The van der Waals surface area contributed by atoms with Gasteiger partial charge < -0.3 is 9.84 Å². The van der Waals surface area contributed by atoms with Gasteiger partial charge in [0.05, 0.1) is 12.2 Å². The quantitative estimate of drug-likeness (QED) is 0.810. The molecule has 1 aromatic carbocycles. The second kappa shape index (κ2) is 6.47. The fourth-order valence-corrected chi connectivity index (χ4v) is 2.16. The normalized spacial score (nSPS) is 23.0. The van der Waals surface area contributed by atoms with Crippen LogP contribution in [0.2, 0.25) is 0 Å². The lowest BCUT2D eigenvalue weighted by Gasteiger charge is -2.26. The van der Waals surface area contributed by atoms with Crippen molar-refractivity contribution in [3.63, 3.8) is 0 Å². The first-order valence-corrected chi connectivity index (χ1v) is 6.71. The average molecular weight is 244 g/mol. The molecule has 0 unspecified atom stereocenters. The molecule has 0 atom stereocenters. The topological polar surface area (TPSA) is 29.5 Å². The molecule has 0 radical (unpaired) electrons. The number of aliphatic hydroxyl groups is 1. The highest BCUT2D eigenvalue weighted by Gasteiger charge is 2.20. The van der Waals surface area contributed by atoms with Gasteiger partial charge in [-0.05, 0) is 49.9 Å². The van der Waals surface area contributed by atoms with Crippen molar-refractivity contribution in [3.8, 4) is 17.6 Å². The van der Waals surface area contributed by atoms with Crippen molar-refractivity contribution < 1.29 is 9.84 Å². The zero-order valence-electron chi connectivity index (χ0n) is 10.9. The highest BCUT2D eigenvalue weighted by Crippen LogP contribution is 2.23. The van der Waals surface area contributed by atoms with Crippen LogP contribution < -0.4 is 4.74 Å². The lowest BCUT2D eigenvalue weighted by molar-refractivity contribution is 0.0666. The maximum absolute atomic E-state index is 9.44. The average Bonchev–Trinajstić information content (AvgIpc) is 2.41. The number of benzene rings is 1. The first-order chi connectivity index (χ1) is 8.78. The van der Waals surface area contributed by atoms with Gasteiger partial charge in [0.25, 0.3) is 0 Å². The van der Waals surface area contributed by atoms with Gasteiger partial charge in [-0.1, -0.05) is 18.8 Å². The monoisotopic (exact) mass is 244 g/mol. The largest absolute Gasteiger partial charge is 0.490 e. The second-order valence-corrected chi connectivity index (χ2v) is 4.73. The number of aliphatic hydroxyl groups excluding tert-OH is 1. The summed E-state index contributed by atoms with van der Waals surface area (Å²) in [5.41, 5.74) is 1.03. The summed E-state index contributed by atoms with van der Waals surface area (Å²) >= 11 is 0. The van der Waals surface area contributed by atoms with E-state index in [4.69, 9.17) is 4.74 Å². The van der Waals surface area contributed by atoms with Crippen molar-refractivity contribution >= 4 is 0 Å². The molecule has 1 N–H and O–H groups in total. The van der Waals surface area contributed by atoms with Crippen LogP contribution in [0.1, 0.15) is 44.6 Å². The molecule has 0 heterocycles. The van der Waals surface area contributed by atoms with Crippen LogP contribution in [-0.4, -0.2) is 17.3 Å². The highest BCUT2D eigenvalue weighted by molar-refractivity contribution is 5.38. The maximum atomic E-state index is 9.44. The molecule has 0 saturated heterocycles. The van der Waals surface area contributed by atoms with E-state index < -0.39 is 0 Å². The Balaban J connectivity index is 1.90. The Bertz CT molecular complexity index is 417. The standard InChI is InChI=1S/C16H20O2/c1-2-3-4-13-5-9-15(10-6-13)18-16-11-7-14(17)8-12-16/h5-6,9-10,14,16-17H,2,7-8,11-12H2,1H3. The lowest BCUT2D eigenvalue weighted by Crippen LogP contribution is -2.26. The van der Waals surface area contributed by atoms with Crippen LogP contribution >= 0.6 is 0 Å². The molecular weight excluding hydrogens is 224 g/mol. The van der Waals surface area contributed by atoms with E-state index in [2.05, 4.69) is 11.8 Å². The van der Waals surface area contributed by atoms with Crippen LogP contribution in [0.25, 0.3) is 0 Å². The molecule has 18 heavy (non-hydrogen) atoms. The third-order valence-electron chi connectivity index (χ3n) is 3.21. The summed E-state index contributed by atoms with van der Waals surface area (Å²) in [6.45, 7) is 2.04. The Morgan fingerprint density at radius 2 is 1.83 bits per heavy atom. The van der Waals surface area contributed by atoms with Crippen molar-refractivity contribution in [3.05, 3.63) is 29.8 Å². The fourth-order valence-electron chi connectivity index (χ4n) is 2.16. The Kier molecular flexibility index (Phi) is 4.66. The number of ether oxygens (including phenoxy) is 1. The highest BCUT2D eigenvalue weighted by atomic mass is 16.5. The Labute approximate surface area is 109 Å². The molecule has 1 aliphatic rings. The molecule has 2 nitrogen and oxygen atoms in total. The summed E-state index contributed by atoms with van der Waals surface area (Å²) in [5.74, 6) is 7.05. The summed E-state index contributed by atoms with van der Waals surface area (Å²) in [5, 5.41) is 9.44. The SMILES string of the molecule is CCC#Cc1ccc(OC2CCC(O)CC2)cc1. The molecule has 96 valence electrons. The summed E-state index contributed by atoms with van der Waals surface area (Å²) in [6, 6.07) is 7.95. The van der Waals surface area contributed by atoms with Crippen LogP contribution in [0, 0.1) is 11.8 Å². The molecule has 0 aromatic heterocycles. The van der Waals surface area contributed by atoms with Gasteiger partial charge in [-0.25, -0.2) is 0 Å². The van der Waals surface area contributed by atoms with Crippen molar-refractivity contribution in [1.82, 2.24) is 0 Å². The van der Waals surface area contributed by atoms with E-state index in [1.165, 1.54) is 0 Å². The first kappa shape index (κ1) is 13.0. The smallest absolute Gasteiger partial charge is 0.119 e. The number of hydrogen-bond acceptors (Lipinski definition) is 2. The van der Waals surface area contributed by atoms with E-state index >= 15 is 0 Å². The predicted molar refractivity (Wildman–Crippen MR) is 72.5 cm³/mol. The number of hydrogen-bond donors (Lipinski definition) is 1. The minimum Gasteiger partial charge on any atom is -0.490 e. The third kappa shape index (κ3) is 3.78. The van der Waals surface area contributed by atoms with E-state index in [0.717, 1.165) is 43.4 Å². The van der Waals surface area contributed by atoms with Gasteiger partial charge in [-0.3, -0.25) is 0 Å². The summed E-state index contributed by atoms with van der Waals surface area (Å²) in [6.07, 6.45) is 4.59. The molecule has 2 rings (SSSR count). The molecule has 1 fully saturated rings. The maximum Gasteiger partial charge on any atom is 0.119 e. The van der Waals surface area contributed by atoms with Gasteiger partial charge in [0.2, 0.25) is 0 Å². The third-order valence-corrected chi connectivity index (χ3v) is 3.21. The van der Waals surface area contributed by atoms with Crippen LogP contribution in [0.4, 0.5) is 0 Å². The molecule has 2 heteroatoms. The molecule has 1 aliphatic carbocycles. The van der Waals surface area contributed by atoms with Crippen LogP contribution in [0.5, 0.6) is 5.75 Å². The van der Waals surface area contributed by atoms with Gasteiger partial charge in [-0.2, -0.15) is 0 Å². The fraction of sp³-hybridized carbons (Fsp3) is 0.500. The van der Waals surface area contributed by atoms with Crippen molar-refractivity contribution in [1.29, 1.82) is 0 Å². The summed E-state index contributed by atoms with van der Waals surface area (Å²) in [7, 11) is 0. The Morgan fingerprint density at radius 1 is 1.17 bits per heavy atom. The molecule has 0 aliphatic heterocycles. The first-order valence-electron chi connectivity index (χ1n) is 6.71. The van der Waals surface area contributed by atoms with Gasteiger partial charge in [-0.15, -0.1) is 0 Å². The molecule has 0 spiro atoms. The van der Waals surface area contributed by atoms with Crippen molar-refractivity contribution in [2.24, 2.45) is 0 Å². The van der Waals surface area contributed by atoms with Crippen LogP contribution in [-0.2, 0) is 0 Å². The second-order valence-electron chi connectivity index (χ2n) is 4.73. The van der Waals surface area contributed by atoms with Gasteiger partial charge in [0.15, 0.2) is 0 Å². The molecule has 0 bridgehead atoms. The molecule has 1 aromatic rings. The minimum atomic E-state index is -0.128. The zero-order valence-corrected chi connectivity index (χ0v) is 10.9.